The second-order valence-corrected chi connectivity index (χ2v) is 10.6. The maximum atomic E-state index is 2.59. The quantitative estimate of drug-likeness (QED) is 0.533. The minimum Gasteiger partial charge on any atom is -0.0622 e. The lowest BCUT2D eigenvalue weighted by Crippen LogP contribution is -2.39. The molecule has 5 rings (SSSR count). The molecule has 0 bridgehead atoms. The van der Waals surface area contributed by atoms with Crippen LogP contribution in [0.4, 0.5) is 0 Å². The summed E-state index contributed by atoms with van der Waals surface area (Å²) in [5.41, 5.74) is 5.09. The molecule has 0 heteroatoms. The molecule has 0 radical (unpaired) electrons. The van der Waals surface area contributed by atoms with Crippen LogP contribution in [0.1, 0.15) is 76.8 Å². The molecule has 0 spiro atoms. The zero-order valence-corrected chi connectivity index (χ0v) is 17.0. The molecule has 0 amide bonds. The highest BCUT2D eigenvalue weighted by Crippen LogP contribution is 2.62. The number of hydrogen-bond acceptors (Lipinski definition) is 0. The normalized spacial score (nSPS) is 39.1. The van der Waals surface area contributed by atoms with Crippen molar-refractivity contribution in [1.29, 1.82) is 0 Å². The molecule has 6 unspecified atom stereocenters. The van der Waals surface area contributed by atoms with Crippen LogP contribution in [0.3, 0.4) is 0 Å². The molecule has 0 N–H and O–H groups in total. The number of benzene rings is 1. The molecule has 0 aromatic heterocycles. The summed E-state index contributed by atoms with van der Waals surface area (Å²) in [6.45, 7) is 7.76. The van der Waals surface area contributed by atoms with Gasteiger partial charge in [-0.05, 0) is 84.2 Å². The standard InChI is InChI=1S/C26H36/c1-17-14-24-22-11-7-6-8-18(22)12-13-23(24)25(17)26(2,3)21-15-19-9-4-5-10-20(19)16-21/h4-5,9-10,15,17-18,22-25H,6-8,11-14,16H2,1-3H3. The van der Waals surface area contributed by atoms with E-state index in [2.05, 4.69) is 51.1 Å². The number of allylic oxidation sites excluding steroid dienone is 1. The summed E-state index contributed by atoms with van der Waals surface area (Å²) in [6, 6.07) is 9.06. The Bertz CT molecular complexity index is 709. The summed E-state index contributed by atoms with van der Waals surface area (Å²) >= 11 is 0. The average molecular weight is 349 g/mol. The minimum absolute atomic E-state index is 0.347. The van der Waals surface area contributed by atoms with E-state index in [0.29, 0.717) is 5.41 Å². The van der Waals surface area contributed by atoms with Crippen molar-refractivity contribution in [1.82, 2.24) is 0 Å². The third kappa shape index (κ3) is 2.54. The molecule has 6 atom stereocenters. The van der Waals surface area contributed by atoms with E-state index in [4.69, 9.17) is 0 Å². The highest BCUT2D eigenvalue weighted by atomic mass is 14.6. The van der Waals surface area contributed by atoms with Crippen LogP contribution in [0.5, 0.6) is 0 Å². The van der Waals surface area contributed by atoms with E-state index in [9.17, 15) is 0 Å². The summed E-state index contributed by atoms with van der Waals surface area (Å²) in [4.78, 5) is 0. The summed E-state index contributed by atoms with van der Waals surface area (Å²) < 4.78 is 0. The SMILES string of the molecule is CC1CC2C3CCCCC3CCC2C1C(C)(C)C1=Cc2ccccc2C1. The summed E-state index contributed by atoms with van der Waals surface area (Å²) in [5.74, 6) is 5.96. The third-order valence-electron chi connectivity index (χ3n) is 9.08. The van der Waals surface area contributed by atoms with Crippen LogP contribution in [0.25, 0.3) is 6.08 Å². The fraction of sp³-hybridized carbons (Fsp3) is 0.692. The molecule has 3 fully saturated rings. The van der Waals surface area contributed by atoms with Gasteiger partial charge in [-0.3, -0.25) is 0 Å². The Labute approximate surface area is 160 Å². The van der Waals surface area contributed by atoms with Crippen LogP contribution in [0.2, 0.25) is 0 Å². The van der Waals surface area contributed by atoms with E-state index in [-0.39, 0.29) is 0 Å². The Hall–Kier alpha value is -1.04. The van der Waals surface area contributed by atoms with Gasteiger partial charge in [-0.25, -0.2) is 0 Å². The first-order valence-electron chi connectivity index (χ1n) is 11.3. The first-order valence-corrected chi connectivity index (χ1v) is 11.3. The molecule has 26 heavy (non-hydrogen) atoms. The number of fused-ring (bicyclic) bond motifs is 4. The first kappa shape index (κ1) is 17.1. The van der Waals surface area contributed by atoms with E-state index in [1.54, 1.807) is 17.6 Å². The second-order valence-electron chi connectivity index (χ2n) is 10.6. The zero-order chi connectivity index (χ0) is 17.9. The first-order chi connectivity index (χ1) is 12.6. The molecule has 140 valence electrons. The van der Waals surface area contributed by atoms with E-state index in [1.165, 1.54) is 50.5 Å². The van der Waals surface area contributed by atoms with Crippen molar-refractivity contribution < 1.29 is 0 Å². The third-order valence-corrected chi connectivity index (χ3v) is 9.08. The predicted molar refractivity (Wildman–Crippen MR) is 111 cm³/mol. The van der Waals surface area contributed by atoms with Crippen molar-refractivity contribution in [2.45, 2.75) is 72.1 Å². The molecule has 4 aliphatic carbocycles. The smallest absolute Gasteiger partial charge is 0.00524 e. The fourth-order valence-corrected chi connectivity index (χ4v) is 8.04. The Morgan fingerprint density at radius 1 is 0.885 bits per heavy atom. The fourth-order valence-electron chi connectivity index (χ4n) is 8.04. The minimum atomic E-state index is 0.347. The lowest BCUT2D eigenvalue weighted by molar-refractivity contribution is 0.0370. The van der Waals surface area contributed by atoms with Gasteiger partial charge in [0.15, 0.2) is 0 Å². The van der Waals surface area contributed by atoms with Crippen LogP contribution in [0, 0.1) is 40.9 Å². The van der Waals surface area contributed by atoms with Crippen molar-refractivity contribution in [3.8, 4) is 0 Å². The van der Waals surface area contributed by atoms with E-state index in [1.807, 2.05) is 0 Å². The van der Waals surface area contributed by atoms with E-state index in [0.717, 1.165) is 35.5 Å². The Balaban J connectivity index is 1.43. The van der Waals surface area contributed by atoms with Crippen LogP contribution in [-0.2, 0) is 6.42 Å². The largest absolute Gasteiger partial charge is 0.0622 e. The van der Waals surface area contributed by atoms with Crippen molar-refractivity contribution in [3.05, 3.63) is 41.0 Å². The Kier molecular flexibility index (Phi) is 4.11. The van der Waals surface area contributed by atoms with Gasteiger partial charge in [-0.2, -0.15) is 0 Å². The molecule has 1 aromatic carbocycles. The monoisotopic (exact) mass is 348 g/mol. The molecule has 0 nitrogen and oxygen atoms in total. The van der Waals surface area contributed by atoms with Gasteiger partial charge in [0, 0.05) is 0 Å². The molecule has 1 aromatic rings. The maximum absolute atomic E-state index is 2.59. The van der Waals surface area contributed by atoms with E-state index >= 15 is 0 Å². The van der Waals surface area contributed by atoms with Crippen LogP contribution >= 0.6 is 0 Å². The predicted octanol–water partition coefficient (Wildman–Crippen LogP) is 7.14. The van der Waals surface area contributed by atoms with Gasteiger partial charge in [0.1, 0.15) is 0 Å². The van der Waals surface area contributed by atoms with Crippen LogP contribution in [0.15, 0.2) is 29.8 Å². The van der Waals surface area contributed by atoms with E-state index < -0.39 is 0 Å². The highest BCUT2D eigenvalue weighted by Gasteiger charge is 2.54. The Morgan fingerprint density at radius 2 is 1.69 bits per heavy atom. The van der Waals surface area contributed by atoms with Crippen molar-refractivity contribution in [3.63, 3.8) is 0 Å². The van der Waals surface area contributed by atoms with Gasteiger partial charge in [0.05, 0.1) is 0 Å². The molecule has 0 heterocycles. The summed E-state index contributed by atoms with van der Waals surface area (Å²) in [5, 5.41) is 0. The molecule has 3 saturated carbocycles. The van der Waals surface area contributed by atoms with Gasteiger partial charge < -0.3 is 0 Å². The molecule has 4 aliphatic rings. The average Bonchev–Trinajstić information content (AvgIpc) is 3.22. The molecule has 0 aliphatic heterocycles. The van der Waals surface area contributed by atoms with Gasteiger partial charge in [-0.1, -0.05) is 75.9 Å². The van der Waals surface area contributed by atoms with Crippen molar-refractivity contribution in [2.24, 2.45) is 40.9 Å². The summed E-state index contributed by atoms with van der Waals surface area (Å²) in [6.07, 6.45) is 14.4. The zero-order valence-electron chi connectivity index (χ0n) is 17.0. The highest BCUT2D eigenvalue weighted by molar-refractivity contribution is 5.65. The topological polar surface area (TPSA) is 0 Å². The lowest BCUT2D eigenvalue weighted by Gasteiger charge is -2.47. The number of hydrogen-bond donors (Lipinski definition) is 0. The molecular formula is C26H36. The van der Waals surface area contributed by atoms with Crippen LogP contribution in [-0.4, -0.2) is 0 Å². The molecule has 0 saturated heterocycles. The van der Waals surface area contributed by atoms with Gasteiger partial charge in [-0.15, -0.1) is 0 Å². The number of rotatable bonds is 2. The van der Waals surface area contributed by atoms with Gasteiger partial charge >= 0.3 is 0 Å². The van der Waals surface area contributed by atoms with Gasteiger partial charge in [0.2, 0.25) is 0 Å². The maximum Gasteiger partial charge on any atom is -0.00524 e. The van der Waals surface area contributed by atoms with Crippen molar-refractivity contribution >= 4 is 6.08 Å². The second kappa shape index (κ2) is 6.25. The van der Waals surface area contributed by atoms with Gasteiger partial charge in [0.25, 0.3) is 0 Å². The van der Waals surface area contributed by atoms with Crippen molar-refractivity contribution in [2.75, 3.05) is 0 Å². The lowest BCUT2D eigenvalue weighted by atomic mass is 9.58. The molecular weight excluding hydrogens is 312 g/mol. The van der Waals surface area contributed by atoms with Crippen LogP contribution < -0.4 is 0 Å². The summed E-state index contributed by atoms with van der Waals surface area (Å²) in [7, 11) is 0. The Morgan fingerprint density at radius 3 is 2.54 bits per heavy atom.